The Labute approximate surface area is 138 Å². The number of amides is 2. The van der Waals surface area contributed by atoms with Crippen LogP contribution in [0.15, 0.2) is 40.0 Å². The number of hydrogen-bond acceptors (Lipinski definition) is 6. The van der Waals surface area contributed by atoms with Crippen molar-refractivity contribution in [3.8, 4) is 11.5 Å². The fourth-order valence-corrected chi connectivity index (χ4v) is 1.88. The first kappa shape index (κ1) is 17.1. The minimum Gasteiger partial charge on any atom is -0.493 e. The summed E-state index contributed by atoms with van der Waals surface area (Å²) in [5.74, 6) is 0.356. The van der Waals surface area contributed by atoms with E-state index in [-0.39, 0.29) is 12.5 Å². The highest BCUT2D eigenvalue weighted by Crippen LogP contribution is 2.27. The molecule has 0 spiro atoms. The van der Waals surface area contributed by atoms with Gasteiger partial charge in [0, 0.05) is 0 Å². The second-order valence-electron chi connectivity index (χ2n) is 4.75. The molecular formula is C16H17N3O5. The van der Waals surface area contributed by atoms with Gasteiger partial charge in [0.05, 0.1) is 25.2 Å². The van der Waals surface area contributed by atoms with Gasteiger partial charge in [-0.1, -0.05) is 0 Å². The summed E-state index contributed by atoms with van der Waals surface area (Å²) in [5, 5.41) is 3.88. The third-order valence-corrected chi connectivity index (χ3v) is 3.04. The SMILES string of the molecule is COc1cc(/C=N/NC(=O)c2ccoc2C)ccc1OCC(N)=O. The predicted octanol–water partition coefficient (Wildman–Crippen LogP) is 1.22. The maximum atomic E-state index is 11.9. The van der Waals surface area contributed by atoms with Gasteiger partial charge < -0.3 is 19.6 Å². The summed E-state index contributed by atoms with van der Waals surface area (Å²) in [5.41, 5.74) is 8.52. The predicted molar refractivity (Wildman–Crippen MR) is 86.2 cm³/mol. The van der Waals surface area contributed by atoms with Gasteiger partial charge in [0.1, 0.15) is 5.76 Å². The van der Waals surface area contributed by atoms with Crippen LogP contribution in [0.3, 0.4) is 0 Å². The van der Waals surface area contributed by atoms with E-state index in [9.17, 15) is 9.59 Å². The zero-order chi connectivity index (χ0) is 17.5. The number of carbonyl (C=O) groups is 2. The number of nitrogens with one attached hydrogen (secondary N) is 1. The van der Waals surface area contributed by atoms with Crippen molar-refractivity contribution in [1.29, 1.82) is 0 Å². The Hall–Kier alpha value is -3.29. The lowest BCUT2D eigenvalue weighted by molar-refractivity contribution is -0.119. The first-order valence-corrected chi connectivity index (χ1v) is 6.98. The standard InChI is InChI=1S/C16H17N3O5/c1-10-12(5-6-23-10)16(21)19-18-8-11-3-4-13(14(7-11)22-2)24-9-15(17)20/h3-8H,9H2,1-2H3,(H2,17,20)(H,19,21)/b18-8+. The summed E-state index contributed by atoms with van der Waals surface area (Å²) in [4.78, 5) is 22.6. The van der Waals surface area contributed by atoms with Crippen molar-refractivity contribution < 1.29 is 23.5 Å². The molecule has 0 radical (unpaired) electrons. The smallest absolute Gasteiger partial charge is 0.274 e. The van der Waals surface area contributed by atoms with E-state index >= 15 is 0 Å². The molecule has 0 saturated heterocycles. The largest absolute Gasteiger partial charge is 0.493 e. The molecule has 0 bridgehead atoms. The molecule has 0 saturated carbocycles. The summed E-state index contributed by atoms with van der Waals surface area (Å²) in [6, 6.07) is 6.52. The molecule has 1 aromatic carbocycles. The van der Waals surface area contributed by atoms with E-state index < -0.39 is 5.91 Å². The van der Waals surface area contributed by atoms with Crippen LogP contribution in [-0.4, -0.2) is 31.7 Å². The molecule has 0 aliphatic rings. The molecule has 8 heteroatoms. The summed E-state index contributed by atoms with van der Waals surface area (Å²) in [7, 11) is 1.47. The number of nitrogens with zero attached hydrogens (tertiary/aromatic N) is 1. The van der Waals surface area contributed by atoms with E-state index in [4.69, 9.17) is 19.6 Å². The molecule has 8 nitrogen and oxygen atoms in total. The van der Waals surface area contributed by atoms with Gasteiger partial charge in [-0.2, -0.15) is 5.10 Å². The molecule has 0 aliphatic heterocycles. The van der Waals surface area contributed by atoms with Crippen molar-refractivity contribution in [3.63, 3.8) is 0 Å². The van der Waals surface area contributed by atoms with E-state index in [1.807, 2.05) is 0 Å². The minimum atomic E-state index is -0.583. The minimum absolute atomic E-state index is 0.246. The van der Waals surface area contributed by atoms with Gasteiger partial charge in [-0.3, -0.25) is 9.59 Å². The van der Waals surface area contributed by atoms with E-state index in [1.165, 1.54) is 19.6 Å². The third-order valence-electron chi connectivity index (χ3n) is 3.04. The van der Waals surface area contributed by atoms with E-state index in [0.717, 1.165) is 0 Å². The maximum Gasteiger partial charge on any atom is 0.274 e. The van der Waals surface area contributed by atoms with Crippen LogP contribution < -0.4 is 20.6 Å². The quantitative estimate of drug-likeness (QED) is 0.584. The van der Waals surface area contributed by atoms with Gasteiger partial charge in [0.25, 0.3) is 11.8 Å². The van der Waals surface area contributed by atoms with Crippen molar-refractivity contribution in [3.05, 3.63) is 47.4 Å². The molecule has 3 N–H and O–H groups in total. The van der Waals surface area contributed by atoms with Crippen molar-refractivity contribution in [2.45, 2.75) is 6.92 Å². The lowest BCUT2D eigenvalue weighted by atomic mass is 10.2. The Morgan fingerprint density at radius 1 is 1.33 bits per heavy atom. The van der Waals surface area contributed by atoms with E-state index in [1.54, 1.807) is 31.2 Å². The average Bonchev–Trinajstić information content (AvgIpc) is 2.99. The van der Waals surface area contributed by atoms with Gasteiger partial charge in [-0.15, -0.1) is 0 Å². The number of carbonyl (C=O) groups excluding carboxylic acids is 2. The molecular weight excluding hydrogens is 314 g/mol. The van der Waals surface area contributed by atoms with Crippen LogP contribution in [0, 0.1) is 6.92 Å². The number of methoxy groups -OCH3 is 1. The molecule has 1 heterocycles. The number of rotatable bonds is 7. The Bertz CT molecular complexity index is 767. The zero-order valence-electron chi connectivity index (χ0n) is 13.2. The Morgan fingerprint density at radius 2 is 2.12 bits per heavy atom. The first-order chi connectivity index (χ1) is 11.5. The lowest BCUT2D eigenvalue weighted by Gasteiger charge is -2.09. The Kier molecular flexibility index (Phi) is 5.56. The molecule has 24 heavy (non-hydrogen) atoms. The number of nitrogens with two attached hydrogens (primary N) is 1. The number of benzene rings is 1. The maximum absolute atomic E-state index is 11.9. The van der Waals surface area contributed by atoms with Crippen LogP contribution in [0.5, 0.6) is 11.5 Å². The molecule has 0 unspecified atom stereocenters. The molecule has 0 fully saturated rings. The number of furan rings is 1. The van der Waals surface area contributed by atoms with Gasteiger partial charge in [0.15, 0.2) is 18.1 Å². The second-order valence-corrected chi connectivity index (χ2v) is 4.75. The molecule has 126 valence electrons. The van der Waals surface area contributed by atoms with Gasteiger partial charge in [0.2, 0.25) is 0 Å². The highest BCUT2D eigenvalue weighted by molar-refractivity contribution is 5.95. The average molecular weight is 331 g/mol. The summed E-state index contributed by atoms with van der Waals surface area (Å²) in [6.07, 6.45) is 2.89. The van der Waals surface area contributed by atoms with Crippen LogP contribution >= 0.6 is 0 Å². The molecule has 1 aromatic heterocycles. The second kappa shape index (κ2) is 7.82. The van der Waals surface area contributed by atoms with Crippen LogP contribution in [-0.2, 0) is 4.79 Å². The Balaban J connectivity index is 2.03. The van der Waals surface area contributed by atoms with Crippen molar-refractivity contribution in [2.24, 2.45) is 10.8 Å². The van der Waals surface area contributed by atoms with Crippen LogP contribution in [0.4, 0.5) is 0 Å². The first-order valence-electron chi connectivity index (χ1n) is 6.98. The number of ether oxygens (including phenoxy) is 2. The zero-order valence-corrected chi connectivity index (χ0v) is 13.2. The highest BCUT2D eigenvalue weighted by Gasteiger charge is 2.10. The fraction of sp³-hybridized carbons (Fsp3) is 0.188. The van der Waals surface area contributed by atoms with Crippen LogP contribution in [0.1, 0.15) is 21.7 Å². The third kappa shape index (κ3) is 4.35. The molecule has 0 atom stereocenters. The van der Waals surface area contributed by atoms with Gasteiger partial charge in [-0.25, -0.2) is 5.43 Å². The number of hydrazone groups is 1. The topological polar surface area (TPSA) is 116 Å². The van der Waals surface area contributed by atoms with Crippen molar-refractivity contribution in [2.75, 3.05) is 13.7 Å². The molecule has 2 amide bonds. The molecule has 0 aliphatic carbocycles. The van der Waals surface area contributed by atoms with Crippen molar-refractivity contribution >= 4 is 18.0 Å². The fourth-order valence-electron chi connectivity index (χ4n) is 1.88. The number of aryl methyl sites for hydroxylation is 1. The monoisotopic (exact) mass is 331 g/mol. The van der Waals surface area contributed by atoms with E-state index in [0.29, 0.717) is 28.4 Å². The van der Waals surface area contributed by atoms with Crippen LogP contribution in [0.2, 0.25) is 0 Å². The lowest BCUT2D eigenvalue weighted by Crippen LogP contribution is -2.20. The van der Waals surface area contributed by atoms with Crippen LogP contribution in [0.25, 0.3) is 0 Å². The normalized spacial score (nSPS) is 10.6. The highest BCUT2D eigenvalue weighted by atomic mass is 16.5. The van der Waals surface area contributed by atoms with E-state index in [2.05, 4.69) is 10.5 Å². The number of hydrogen-bond donors (Lipinski definition) is 2. The summed E-state index contributed by atoms with van der Waals surface area (Å²) >= 11 is 0. The summed E-state index contributed by atoms with van der Waals surface area (Å²) in [6.45, 7) is 1.44. The van der Waals surface area contributed by atoms with Gasteiger partial charge >= 0.3 is 0 Å². The molecule has 2 rings (SSSR count). The summed E-state index contributed by atoms with van der Waals surface area (Å²) < 4.78 is 15.5. The van der Waals surface area contributed by atoms with Crippen molar-refractivity contribution in [1.82, 2.24) is 5.43 Å². The van der Waals surface area contributed by atoms with Gasteiger partial charge in [-0.05, 0) is 36.8 Å². The number of primary amides is 1. The Morgan fingerprint density at radius 3 is 2.75 bits per heavy atom. The molecule has 2 aromatic rings.